The molecule has 0 aliphatic rings. The maximum absolute atomic E-state index is 13.3. The van der Waals surface area contributed by atoms with E-state index in [0.29, 0.717) is 11.5 Å². The molecule has 4 aromatic rings. The summed E-state index contributed by atoms with van der Waals surface area (Å²) in [6.07, 6.45) is 0. The summed E-state index contributed by atoms with van der Waals surface area (Å²) < 4.78 is 1.05. The normalized spacial score (nSPS) is 11.4. The van der Waals surface area contributed by atoms with Crippen molar-refractivity contribution >= 4 is 55.8 Å². The summed E-state index contributed by atoms with van der Waals surface area (Å²) in [6.45, 7) is 9.90. The number of benzene rings is 2. The summed E-state index contributed by atoms with van der Waals surface area (Å²) in [7, 11) is 0. The molecule has 2 aromatic carbocycles. The van der Waals surface area contributed by atoms with Gasteiger partial charge in [-0.3, -0.25) is 4.79 Å². The van der Waals surface area contributed by atoms with Gasteiger partial charge < -0.3 is 20.5 Å². The van der Waals surface area contributed by atoms with Crippen molar-refractivity contribution in [3.63, 3.8) is 0 Å². The zero-order valence-electron chi connectivity index (χ0n) is 17.6. The molecule has 1 amide bonds. The summed E-state index contributed by atoms with van der Waals surface area (Å²) in [5, 5.41) is 6.34. The first-order valence-electron chi connectivity index (χ1n) is 10.2. The number of imidazole rings is 1. The Morgan fingerprint density at radius 1 is 1.17 bits per heavy atom. The van der Waals surface area contributed by atoms with Gasteiger partial charge in [0.25, 0.3) is 5.91 Å². The molecular formula is C22H26N6OS. The van der Waals surface area contributed by atoms with Crippen LogP contribution in [-0.2, 0) is 0 Å². The molecule has 0 aliphatic heterocycles. The molecule has 0 bridgehead atoms. The molecule has 30 heavy (non-hydrogen) atoms. The Bertz CT molecular complexity index is 1190. The molecule has 0 aliphatic carbocycles. The van der Waals surface area contributed by atoms with Crippen molar-refractivity contribution in [2.24, 2.45) is 0 Å². The van der Waals surface area contributed by atoms with Gasteiger partial charge in [-0.1, -0.05) is 0 Å². The number of hydrogen-bond donors (Lipinski definition) is 3. The van der Waals surface area contributed by atoms with Gasteiger partial charge in [-0.15, -0.1) is 11.3 Å². The van der Waals surface area contributed by atoms with Gasteiger partial charge in [0.05, 0.1) is 38.0 Å². The number of anilines is 3. The van der Waals surface area contributed by atoms with E-state index in [-0.39, 0.29) is 11.9 Å². The topological polar surface area (TPSA) is 85.9 Å². The maximum atomic E-state index is 13.3. The summed E-state index contributed by atoms with van der Waals surface area (Å²) in [4.78, 5) is 27.7. The first-order valence-corrected chi connectivity index (χ1v) is 11.1. The minimum absolute atomic E-state index is 0.143. The minimum atomic E-state index is -0.143. The van der Waals surface area contributed by atoms with E-state index in [4.69, 9.17) is 0 Å². The highest BCUT2D eigenvalue weighted by Crippen LogP contribution is 2.29. The molecule has 2 aromatic heterocycles. The Hall–Kier alpha value is -3.13. The number of nitrogens with zero attached hydrogens (tertiary/aromatic N) is 3. The lowest BCUT2D eigenvalue weighted by Crippen LogP contribution is -2.25. The highest BCUT2D eigenvalue weighted by atomic mass is 32.1. The number of hydrogen-bond acceptors (Lipinski definition) is 6. The molecule has 4 rings (SSSR count). The Kier molecular flexibility index (Phi) is 5.59. The van der Waals surface area contributed by atoms with E-state index >= 15 is 0 Å². The van der Waals surface area contributed by atoms with Gasteiger partial charge in [-0.2, -0.15) is 0 Å². The maximum Gasteiger partial charge on any atom is 0.257 e. The lowest BCUT2D eigenvalue weighted by molar-refractivity contribution is 0.102. The standard InChI is InChI=1S/C22H26N6OS/c1-5-28(6-2)19-11-18-17(26-22(27-18)24-13(3)4)10-15(19)21(29)25-14-7-8-16-20(9-14)30-12-23-16/h7-13H,5-6H2,1-4H3,(H,25,29)(H2,24,26,27). The van der Waals surface area contributed by atoms with Crippen LogP contribution in [0.15, 0.2) is 35.8 Å². The monoisotopic (exact) mass is 422 g/mol. The number of carbonyl (C=O) groups is 1. The number of amides is 1. The van der Waals surface area contributed by atoms with Gasteiger partial charge in [-0.05, 0) is 58.0 Å². The van der Waals surface area contributed by atoms with Gasteiger partial charge in [0, 0.05) is 24.8 Å². The molecule has 8 heteroatoms. The van der Waals surface area contributed by atoms with Crippen molar-refractivity contribution in [1.29, 1.82) is 0 Å². The van der Waals surface area contributed by atoms with Crippen LogP contribution >= 0.6 is 11.3 Å². The number of fused-ring (bicyclic) bond motifs is 2. The van der Waals surface area contributed by atoms with Crippen molar-refractivity contribution in [1.82, 2.24) is 15.0 Å². The molecular weight excluding hydrogens is 396 g/mol. The highest BCUT2D eigenvalue weighted by Gasteiger charge is 2.19. The predicted octanol–water partition coefficient (Wildman–Crippen LogP) is 5.09. The fourth-order valence-electron chi connectivity index (χ4n) is 3.53. The number of thiazole rings is 1. The average Bonchev–Trinajstić information content (AvgIpc) is 3.33. The van der Waals surface area contributed by atoms with E-state index < -0.39 is 0 Å². The number of carbonyl (C=O) groups excluding carboxylic acids is 1. The van der Waals surface area contributed by atoms with Gasteiger partial charge >= 0.3 is 0 Å². The molecule has 0 radical (unpaired) electrons. The average molecular weight is 423 g/mol. The largest absolute Gasteiger partial charge is 0.371 e. The Balaban J connectivity index is 1.73. The lowest BCUT2D eigenvalue weighted by atomic mass is 10.1. The third-order valence-corrected chi connectivity index (χ3v) is 5.75. The van der Waals surface area contributed by atoms with E-state index in [1.165, 1.54) is 0 Å². The molecule has 0 atom stereocenters. The van der Waals surface area contributed by atoms with E-state index in [0.717, 1.165) is 45.7 Å². The smallest absolute Gasteiger partial charge is 0.257 e. The summed E-state index contributed by atoms with van der Waals surface area (Å²) in [6, 6.07) is 9.91. The summed E-state index contributed by atoms with van der Waals surface area (Å²) in [5.74, 6) is 0.564. The third kappa shape index (κ3) is 3.95. The van der Waals surface area contributed by atoms with E-state index in [2.05, 4.69) is 58.2 Å². The van der Waals surface area contributed by atoms with Gasteiger partial charge in [0.2, 0.25) is 5.95 Å². The fourth-order valence-corrected chi connectivity index (χ4v) is 4.24. The molecule has 7 nitrogen and oxygen atoms in total. The van der Waals surface area contributed by atoms with Crippen LogP contribution in [0.2, 0.25) is 0 Å². The molecule has 0 spiro atoms. The number of aromatic amines is 1. The minimum Gasteiger partial charge on any atom is -0.371 e. The molecule has 2 heterocycles. The van der Waals surface area contributed by atoms with E-state index in [1.807, 2.05) is 35.8 Å². The van der Waals surface area contributed by atoms with Crippen LogP contribution in [0.3, 0.4) is 0 Å². The van der Waals surface area contributed by atoms with Crippen LogP contribution in [0.25, 0.3) is 21.3 Å². The molecule has 0 fully saturated rings. The SMILES string of the molecule is CCN(CC)c1cc2nc(NC(C)C)[nH]c2cc1C(=O)Nc1ccc2ncsc2c1. The van der Waals surface area contributed by atoms with Crippen molar-refractivity contribution in [3.8, 4) is 0 Å². The van der Waals surface area contributed by atoms with Crippen LogP contribution in [0.1, 0.15) is 38.1 Å². The van der Waals surface area contributed by atoms with Crippen LogP contribution in [-0.4, -0.2) is 40.0 Å². The van der Waals surface area contributed by atoms with Crippen molar-refractivity contribution in [2.45, 2.75) is 33.7 Å². The second-order valence-electron chi connectivity index (χ2n) is 7.43. The molecule has 3 N–H and O–H groups in total. The van der Waals surface area contributed by atoms with Gasteiger partial charge in [-0.25, -0.2) is 9.97 Å². The fraction of sp³-hybridized carbons (Fsp3) is 0.318. The second-order valence-corrected chi connectivity index (χ2v) is 8.32. The quantitative estimate of drug-likeness (QED) is 0.386. The second kappa shape index (κ2) is 8.31. The van der Waals surface area contributed by atoms with E-state index in [9.17, 15) is 4.79 Å². The van der Waals surface area contributed by atoms with Crippen LogP contribution < -0.4 is 15.5 Å². The Morgan fingerprint density at radius 2 is 1.97 bits per heavy atom. The predicted molar refractivity (Wildman–Crippen MR) is 126 cm³/mol. The zero-order valence-corrected chi connectivity index (χ0v) is 18.4. The van der Waals surface area contributed by atoms with Gasteiger partial charge in [0.1, 0.15) is 0 Å². The number of aromatic nitrogens is 3. The summed E-state index contributed by atoms with van der Waals surface area (Å²) in [5.41, 5.74) is 6.67. The zero-order chi connectivity index (χ0) is 21.3. The molecule has 0 unspecified atom stereocenters. The first-order chi connectivity index (χ1) is 14.5. The number of nitrogens with one attached hydrogen (secondary N) is 3. The molecule has 0 saturated carbocycles. The van der Waals surface area contributed by atoms with Crippen molar-refractivity contribution in [3.05, 3.63) is 41.4 Å². The van der Waals surface area contributed by atoms with Gasteiger partial charge in [0.15, 0.2) is 0 Å². The van der Waals surface area contributed by atoms with Crippen molar-refractivity contribution in [2.75, 3.05) is 28.6 Å². The third-order valence-electron chi connectivity index (χ3n) is 4.96. The lowest BCUT2D eigenvalue weighted by Gasteiger charge is -2.23. The van der Waals surface area contributed by atoms with E-state index in [1.54, 1.807) is 11.3 Å². The summed E-state index contributed by atoms with van der Waals surface area (Å²) >= 11 is 1.56. The first kappa shape index (κ1) is 20.2. The Labute approximate surface area is 179 Å². The Morgan fingerprint density at radius 3 is 2.70 bits per heavy atom. The number of H-pyrrole nitrogens is 1. The number of rotatable bonds is 7. The van der Waals surface area contributed by atoms with Crippen LogP contribution in [0.5, 0.6) is 0 Å². The van der Waals surface area contributed by atoms with Crippen LogP contribution in [0, 0.1) is 0 Å². The van der Waals surface area contributed by atoms with Crippen LogP contribution in [0.4, 0.5) is 17.3 Å². The van der Waals surface area contributed by atoms with Crippen molar-refractivity contribution < 1.29 is 4.79 Å². The molecule has 156 valence electrons. The highest BCUT2D eigenvalue weighted by molar-refractivity contribution is 7.16. The molecule has 0 saturated heterocycles.